The monoisotopic (exact) mass is 863 g/mol. The van der Waals surface area contributed by atoms with Crippen LogP contribution in [-0.4, -0.2) is 24.9 Å². The molecule has 0 saturated carbocycles. The van der Waals surface area contributed by atoms with E-state index in [-0.39, 0.29) is 5.41 Å². The van der Waals surface area contributed by atoms with E-state index >= 15 is 0 Å². The van der Waals surface area contributed by atoms with Gasteiger partial charge in [0.05, 0.1) is 11.4 Å². The SMILES string of the molecule is Cc1ccc(-c2ccc(C)cn2)nc1.Cc1ccc(-c2nc(-c3ccc(C)cc3)nc(-c3ccc(C)cc3)n2)cc1.Cc1ccc(C)cc1.Cc1ccc2c(c1)C(C)(C)c1cc(C)ccc1-2. The van der Waals surface area contributed by atoms with Crippen LogP contribution < -0.4 is 0 Å². The van der Waals surface area contributed by atoms with E-state index in [1.807, 2.05) is 50.5 Å². The van der Waals surface area contributed by atoms with E-state index in [1.165, 1.54) is 72.3 Å². The van der Waals surface area contributed by atoms with Crippen molar-refractivity contribution in [2.45, 2.75) is 81.6 Å². The molecule has 0 aliphatic heterocycles. The third-order valence-corrected chi connectivity index (χ3v) is 11.9. The number of pyridine rings is 2. The lowest BCUT2D eigenvalue weighted by molar-refractivity contribution is 0.659. The van der Waals surface area contributed by atoms with Gasteiger partial charge in [-0.05, 0) is 108 Å². The highest BCUT2D eigenvalue weighted by atomic mass is 15.0. The summed E-state index contributed by atoms with van der Waals surface area (Å²) in [5, 5.41) is 0. The molecular formula is C61H61N5. The second-order valence-electron chi connectivity index (χ2n) is 18.2. The first-order valence-electron chi connectivity index (χ1n) is 22.7. The van der Waals surface area contributed by atoms with Crippen LogP contribution in [0.25, 0.3) is 56.7 Å². The van der Waals surface area contributed by atoms with Gasteiger partial charge >= 0.3 is 0 Å². The van der Waals surface area contributed by atoms with Gasteiger partial charge in [-0.1, -0.05) is 198 Å². The van der Waals surface area contributed by atoms with Crippen LogP contribution in [0, 0.1) is 62.3 Å². The minimum Gasteiger partial charge on any atom is -0.254 e. The van der Waals surface area contributed by atoms with Gasteiger partial charge in [-0.3, -0.25) is 9.97 Å². The Morgan fingerprint density at radius 3 is 0.818 bits per heavy atom. The number of hydrogen-bond donors (Lipinski definition) is 0. The molecule has 5 heteroatoms. The van der Waals surface area contributed by atoms with Gasteiger partial charge in [-0.2, -0.15) is 0 Å². The quantitative estimate of drug-likeness (QED) is 0.176. The van der Waals surface area contributed by atoms with Crippen LogP contribution in [-0.2, 0) is 5.41 Å². The molecule has 9 aromatic rings. The fourth-order valence-electron chi connectivity index (χ4n) is 7.71. The van der Waals surface area contributed by atoms with Gasteiger partial charge in [-0.25, -0.2) is 15.0 Å². The van der Waals surface area contributed by atoms with Crippen molar-refractivity contribution in [3.8, 4) is 56.7 Å². The topological polar surface area (TPSA) is 64.5 Å². The molecule has 1 aliphatic rings. The summed E-state index contributed by atoms with van der Waals surface area (Å²) in [5.41, 5.74) is 22.1. The summed E-state index contributed by atoms with van der Waals surface area (Å²) in [6.07, 6.45) is 3.72. The number of aromatic nitrogens is 5. The lowest BCUT2D eigenvalue weighted by Crippen LogP contribution is -2.15. The molecule has 1 aliphatic carbocycles. The average molecular weight is 864 g/mol. The molecule has 330 valence electrons. The molecule has 0 radical (unpaired) electrons. The Morgan fingerprint density at radius 1 is 0.288 bits per heavy atom. The first kappa shape index (κ1) is 46.6. The maximum Gasteiger partial charge on any atom is 0.164 e. The Hall–Kier alpha value is -7.37. The lowest BCUT2D eigenvalue weighted by atomic mass is 9.81. The normalized spacial score (nSPS) is 11.7. The van der Waals surface area contributed by atoms with Crippen molar-refractivity contribution in [3.63, 3.8) is 0 Å². The highest BCUT2D eigenvalue weighted by molar-refractivity contribution is 5.81. The minimum absolute atomic E-state index is 0.142. The summed E-state index contributed by atoms with van der Waals surface area (Å²) in [7, 11) is 0. The molecule has 5 nitrogen and oxygen atoms in total. The third kappa shape index (κ3) is 11.7. The Morgan fingerprint density at radius 2 is 0.545 bits per heavy atom. The van der Waals surface area contributed by atoms with Gasteiger partial charge in [0.15, 0.2) is 17.5 Å². The van der Waals surface area contributed by atoms with E-state index in [4.69, 9.17) is 15.0 Å². The first-order valence-corrected chi connectivity index (χ1v) is 22.7. The smallest absolute Gasteiger partial charge is 0.164 e. The summed E-state index contributed by atoms with van der Waals surface area (Å²) in [6.45, 7) is 23.5. The Balaban J connectivity index is 0.000000143. The fraction of sp³-hybridized carbons (Fsp3) is 0.197. The zero-order chi connectivity index (χ0) is 47.0. The fourth-order valence-corrected chi connectivity index (χ4v) is 7.71. The second kappa shape index (κ2) is 20.6. The number of rotatable bonds is 4. The lowest BCUT2D eigenvalue weighted by Gasteiger charge is -2.22. The van der Waals surface area contributed by atoms with Gasteiger partial charge in [0.25, 0.3) is 0 Å². The van der Waals surface area contributed by atoms with E-state index in [1.54, 1.807) is 0 Å². The standard InChI is InChI=1S/C24H21N3.C17H18.C12H12N2.C8H10/c1-16-4-10-19(11-5-16)22-25-23(20-12-6-17(2)7-13-20)27-24(26-22)21-14-8-18(3)9-15-21;1-11-5-7-13-14-8-6-12(2)10-16(14)17(3,4)15(13)9-11;1-9-3-5-11(13-7-9)12-6-4-10(2)8-14-12;1-7-3-5-8(2)6-4-7/h4-15H,1-3H3;5-10H,1-4H3;3-8H,1-2H3;3-6H,1-2H3. The minimum atomic E-state index is 0.142. The third-order valence-electron chi connectivity index (χ3n) is 11.9. The predicted octanol–water partition coefficient (Wildman–Crippen LogP) is 15.5. The largest absolute Gasteiger partial charge is 0.254 e. The van der Waals surface area contributed by atoms with Crippen LogP contribution in [0.2, 0.25) is 0 Å². The van der Waals surface area contributed by atoms with Crippen molar-refractivity contribution >= 4 is 0 Å². The summed E-state index contributed by atoms with van der Waals surface area (Å²) < 4.78 is 0. The van der Waals surface area contributed by atoms with Gasteiger partial charge in [-0.15, -0.1) is 0 Å². The van der Waals surface area contributed by atoms with E-state index in [0.29, 0.717) is 17.5 Å². The molecule has 0 atom stereocenters. The number of aryl methyl sites for hydroxylation is 9. The summed E-state index contributed by atoms with van der Waals surface area (Å²) in [4.78, 5) is 22.9. The van der Waals surface area contributed by atoms with Gasteiger partial charge in [0.1, 0.15) is 0 Å². The molecule has 3 heterocycles. The van der Waals surface area contributed by atoms with Crippen LogP contribution in [0.4, 0.5) is 0 Å². The van der Waals surface area contributed by atoms with Gasteiger partial charge < -0.3 is 0 Å². The van der Waals surface area contributed by atoms with Crippen LogP contribution in [0.15, 0.2) is 170 Å². The van der Waals surface area contributed by atoms with E-state index in [0.717, 1.165) is 28.1 Å². The molecule has 10 rings (SSSR count). The molecule has 0 fully saturated rings. The van der Waals surface area contributed by atoms with E-state index < -0.39 is 0 Å². The van der Waals surface area contributed by atoms with Crippen molar-refractivity contribution < 1.29 is 0 Å². The molecule has 3 aromatic heterocycles. The molecule has 0 bridgehead atoms. The zero-order valence-electron chi connectivity index (χ0n) is 40.4. The van der Waals surface area contributed by atoms with Crippen LogP contribution in [0.5, 0.6) is 0 Å². The van der Waals surface area contributed by atoms with Crippen LogP contribution >= 0.6 is 0 Å². The number of nitrogens with zero attached hydrogens (tertiary/aromatic N) is 5. The second-order valence-corrected chi connectivity index (χ2v) is 18.2. The summed E-state index contributed by atoms with van der Waals surface area (Å²) >= 11 is 0. The molecule has 66 heavy (non-hydrogen) atoms. The number of benzene rings is 6. The van der Waals surface area contributed by atoms with Crippen molar-refractivity contribution in [2.24, 2.45) is 0 Å². The Labute approximate surface area is 392 Å². The molecule has 0 amide bonds. The molecule has 0 spiro atoms. The van der Waals surface area contributed by atoms with Gasteiger partial charge in [0.2, 0.25) is 0 Å². The maximum atomic E-state index is 4.75. The molecular weight excluding hydrogens is 803 g/mol. The van der Waals surface area contributed by atoms with Crippen molar-refractivity contribution in [3.05, 3.63) is 231 Å². The highest BCUT2D eigenvalue weighted by Crippen LogP contribution is 2.49. The molecule has 0 saturated heterocycles. The average Bonchev–Trinajstić information content (AvgIpc) is 3.53. The van der Waals surface area contributed by atoms with Crippen LogP contribution in [0.1, 0.15) is 75.0 Å². The van der Waals surface area contributed by atoms with Gasteiger partial charge in [0, 0.05) is 34.5 Å². The first-order chi connectivity index (χ1) is 31.6. The van der Waals surface area contributed by atoms with Crippen molar-refractivity contribution in [1.82, 2.24) is 24.9 Å². The highest BCUT2D eigenvalue weighted by Gasteiger charge is 2.35. The zero-order valence-corrected chi connectivity index (χ0v) is 40.4. The number of fused-ring (bicyclic) bond motifs is 3. The summed E-state index contributed by atoms with van der Waals surface area (Å²) in [6, 6.07) is 55.0. The van der Waals surface area contributed by atoms with E-state index in [9.17, 15) is 0 Å². The number of hydrogen-bond acceptors (Lipinski definition) is 5. The molecule has 0 N–H and O–H groups in total. The maximum absolute atomic E-state index is 4.75. The van der Waals surface area contributed by atoms with Crippen LogP contribution in [0.3, 0.4) is 0 Å². The van der Waals surface area contributed by atoms with Crippen molar-refractivity contribution in [2.75, 3.05) is 0 Å². The van der Waals surface area contributed by atoms with E-state index in [2.05, 4.69) is 206 Å². The Kier molecular flexibility index (Phi) is 14.6. The summed E-state index contributed by atoms with van der Waals surface area (Å²) in [5.74, 6) is 2.07. The predicted molar refractivity (Wildman–Crippen MR) is 277 cm³/mol. The molecule has 0 unspecified atom stereocenters. The van der Waals surface area contributed by atoms with Crippen molar-refractivity contribution in [1.29, 1.82) is 0 Å². The Bertz CT molecular complexity index is 2750. The molecule has 6 aromatic carbocycles.